The molecule has 0 aliphatic carbocycles. The van der Waals surface area contributed by atoms with Crippen molar-refractivity contribution in [1.82, 2.24) is 0 Å². The Morgan fingerprint density at radius 2 is 0.708 bits per heavy atom. The van der Waals surface area contributed by atoms with Gasteiger partial charge in [0.25, 0.3) is 0 Å². The molecule has 1 nitrogen and oxygen atoms in total. The highest BCUT2D eigenvalue weighted by Crippen LogP contribution is 2.17. The van der Waals surface area contributed by atoms with Crippen LogP contribution in [-0.2, 0) is 0 Å². The lowest BCUT2D eigenvalue weighted by Gasteiger charge is -2.39. The molecule has 0 aliphatic rings. The highest BCUT2D eigenvalue weighted by atomic mass is 15.3. The second-order valence-electron chi connectivity index (χ2n) is 8.13. The molecule has 24 heavy (non-hydrogen) atoms. The standard InChI is InChI=1S/C23H50N/c1-5-9-12-13-14-15-16-17-18-19-23-24(20-8-4,21-10-6-2)22-11-7-3/h5-23H2,1-4H3/q+1. The SMILES string of the molecule is CCCCCCCCCCCC[N+](CCC)(CCCC)CCCC. The van der Waals surface area contributed by atoms with Gasteiger partial charge in [-0.15, -0.1) is 0 Å². The summed E-state index contributed by atoms with van der Waals surface area (Å²) in [7, 11) is 0. The van der Waals surface area contributed by atoms with E-state index in [1.165, 1.54) is 127 Å². The summed E-state index contributed by atoms with van der Waals surface area (Å²) < 4.78 is 1.43. The van der Waals surface area contributed by atoms with Gasteiger partial charge in [-0.1, -0.05) is 91.9 Å². The van der Waals surface area contributed by atoms with E-state index >= 15 is 0 Å². The number of unbranched alkanes of at least 4 members (excludes halogenated alkanes) is 11. The Labute approximate surface area is 155 Å². The van der Waals surface area contributed by atoms with Crippen LogP contribution in [0.1, 0.15) is 124 Å². The van der Waals surface area contributed by atoms with E-state index in [1.54, 1.807) is 0 Å². The van der Waals surface area contributed by atoms with Crippen LogP contribution in [0.3, 0.4) is 0 Å². The fraction of sp³-hybridized carbons (Fsp3) is 1.00. The largest absolute Gasteiger partial charge is 0.324 e. The average molecular weight is 341 g/mol. The predicted molar refractivity (Wildman–Crippen MR) is 112 cm³/mol. The average Bonchev–Trinajstić information content (AvgIpc) is 2.60. The van der Waals surface area contributed by atoms with E-state index in [0.717, 1.165) is 0 Å². The molecule has 0 spiro atoms. The van der Waals surface area contributed by atoms with E-state index in [-0.39, 0.29) is 0 Å². The van der Waals surface area contributed by atoms with E-state index in [9.17, 15) is 0 Å². The van der Waals surface area contributed by atoms with E-state index in [1.807, 2.05) is 0 Å². The van der Waals surface area contributed by atoms with Crippen LogP contribution >= 0.6 is 0 Å². The van der Waals surface area contributed by atoms with Gasteiger partial charge in [0.05, 0.1) is 26.2 Å². The Bertz CT molecular complexity index is 228. The highest BCUT2D eigenvalue weighted by molar-refractivity contribution is 4.51. The topological polar surface area (TPSA) is 0 Å². The van der Waals surface area contributed by atoms with Crippen molar-refractivity contribution < 1.29 is 4.48 Å². The molecule has 0 aromatic rings. The number of nitrogens with zero attached hydrogens (tertiary/aromatic N) is 1. The Morgan fingerprint density at radius 3 is 1.12 bits per heavy atom. The van der Waals surface area contributed by atoms with Crippen LogP contribution in [0.25, 0.3) is 0 Å². The summed E-state index contributed by atoms with van der Waals surface area (Å²) in [5.74, 6) is 0. The van der Waals surface area contributed by atoms with Crippen LogP contribution in [0, 0.1) is 0 Å². The summed E-state index contributed by atoms with van der Waals surface area (Å²) in [5, 5.41) is 0. The lowest BCUT2D eigenvalue weighted by molar-refractivity contribution is -0.929. The zero-order chi connectivity index (χ0) is 17.9. The van der Waals surface area contributed by atoms with Crippen LogP contribution in [0.4, 0.5) is 0 Å². The van der Waals surface area contributed by atoms with Gasteiger partial charge in [0.15, 0.2) is 0 Å². The molecule has 0 aromatic carbocycles. The first-order chi connectivity index (χ1) is 11.7. The van der Waals surface area contributed by atoms with Crippen molar-refractivity contribution in [2.24, 2.45) is 0 Å². The van der Waals surface area contributed by atoms with Gasteiger partial charge in [0.2, 0.25) is 0 Å². The van der Waals surface area contributed by atoms with Crippen molar-refractivity contribution in [3.05, 3.63) is 0 Å². The normalized spacial score (nSPS) is 12.0. The van der Waals surface area contributed by atoms with E-state index in [2.05, 4.69) is 27.7 Å². The van der Waals surface area contributed by atoms with Crippen molar-refractivity contribution in [3.8, 4) is 0 Å². The van der Waals surface area contributed by atoms with E-state index in [0.29, 0.717) is 0 Å². The van der Waals surface area contributed by atoms with Crippen LogP contribution in [0.5, 0.6) is 0 Å². The summed E-state index contributed by atoms with van der Waals surface area (Å²) in [6.07, 6.45) is 21.5. The van der Waals surface area contributed by atoms with Gasteiger partial charge in [0.1, 0.15) is 0 Å². The molecule has 0 bridgehead atoms. The molecule has 0 fully saturated rings. The molecular formula is C23H50N+. The molecule has 0 N–H and O–H groups in total. The maximum Gasteiger partial charge on any atom is 0.0786 e. The van der Waals surface area contributed by atoms with Gasteiger partial charge in [-0.05, 0) is 32.1 Å². The molecule has 0 atom stereocenters. The number of hydrogen-bond donors (Lipinski definition) is 0. The van der Waals surface area contributed by atoms with Crippen molar-refractivity contribution in [1.29, 1.82) is 0 Å². The Balaban J connectivity index is 3.90. The minimum atomic E-state index is 1.35. The van der Waals surface area contributed by atoms with Crippen LogP contribution in [0.2, 0.25) is 0 Å². The third kappa shape index (κ3) is 13.3. The number of quaternary nitrogens is 1. The van der Waals surface area contributed by atoms with Crippen molar-refractivity contribution in [2.45, 2.75) is 124 Å². The third-order valence-electron chi connectivity index (χ3n) is 5.66. The second-order valence-corrected chi connectivity index (χ2v) is 8.13. The molecule has 0 radical (unpaired) electrons. The summed E-state index contributed by atoms with van der Waals surface area (Å²) >= 11 is 0. The summed E-state index contributed by atoms with van der Waals surface area (Å²) in [6, 6.07) is 0. The van der Waals surface area contributed by atoms with Gasteiger partial charge in [-0.3, -0.25) is 0 Å². The van der Waals surface area contributed by atoms with Crippen molar-refractivity contribution >= 4 is 0 Å². The zero-order valence-corrected chi connectivity index (χ0v) is 17.9. The molecule has 146 valence electrons. The molecule has 0 saturated carbocycles. The minimum Gasteiger partial charge on any atom is -0.324 e. The lowest BCUT2D eigenvalue weighted by Crippen LogP contribution is -2.50. The fourth-order valence-electron chi connectivity index (χ4n) is 4.07. The first-order valence-electron chi connectivity index (χ1n) is 11.6. The molecular weight excluding hydrogens is 290 g/mol. The van der Waals surface area contributed by atoms with Crippen molar-refractivity contribution in [3.63, 3.8) is 0 Å². The monoisotopic (exact) mass is 340 g/mol. The lowest BCUT2D eigenvalue weighted by atomic mass is 10.1. The molecule has 0 saturated heterocycles. The Morgan fingerprint density at radius 1 is 0.333 bits per heavy atom. The van der Waals surface area contributed by atoms with Gasteiger partial charge < -0.3 is 4.48 Å². The molecule has 0 unspecified atom stereocenters. The Kier molecular flexibility index (Phi) is 17.7. The van der Waals surface area contributed by atoms with Crippen molar-refractivity contribution in [2.75, 3.05) is 26.2 Å². The fourth-order valence-corrected chi connectivity index (χ4v) is 4.07. The van der Waals surface area contributed by atoms with Gasteiger partial charge >= 0.3 is 0 Å². The Hall–Kier alpha value is -0.0400. The highest BCUT2D eigenvalue weighted by Gasteiger charge is 2.24. The zero-order valence-electron chi connectivity index (χ0n) is 17.9. The van der Waals surface area contributed by atoms with Crippen LogP contribution < -0.4 is 0 Å². The number of hydrogen-bond acceptors (Lipinski definition) is 0. The molecule has 0 amide bonds. The molecule has 0 rings (SSSR count). The minimum absolute atomic E-state index is 1.35. The van der Waals surface area contributed by atoms with Gasteiger partial charge in [-0.2, -0.15) is 0 Å². The quantitative estimate of drug-likeness (QED) is 0.167. The van der Waals surface area contributed by atoms with Gasteiger partial charge in [-0.25, -0.2) is 0 Å². The number of rotatable bonds is 19. The van der Waals surface area contributed by atoms with Crippen LogP contribution in [0.15, 0.2) is 0 Å². The van der Waals surface area contributed by atoms with Crippen LogP contribution in [-0.4, -0.2) is 30.7 Å². The maximum atomic E-state index is 2.38. The third-order valence-corrected chi connectivity index (χ3v) is 5.66. The maximum absolute atomic E-state index is 2.38. The molecule has 0 aliphatic heterocycles. The first kappa shape index (κ1) is 24.0. The summed E-state index contributed by atoms with van der Waals surface area (Å²) in [4.78, 5) is 0. The summed E-state index contributed by atoms with van der Waals surface area (Å²) in [6.45, 7) is 15.1. The summed E-state index contributed by atoms with van der Waals surface area (Å²) in [5.41, 5.74) is 0. The smallest absolute Gasteiger partial charge is 0.0786 e. The predicted octanol–water partition coefficient (Wildman–Crippen LogP) is 7.73. The second kappa shape index (κ2) is 17.8. The molecule has 0 aromatic heterocycles. The van der Waals surface area contributed by atoms with Gasteiger partial charge in [0, 0.05) is 0 Å². The molecule has 1 heteroatoms. The van der Waals surface area contributed by atoms with E-state index < -0.39 is 0 Å². The molecule has 0 heterocycles. The van der Waals surface area contributed by atoms with E-state index in [4.69, 9.17) is 0 Å². The first-order valence-corrected chi connectivity index (χ1v) is 11.6.